The molecular formula is C22H20O7. The van der Waals surface area contributed by atoms with E-state index in [-0.39, 0.29) is 23.5 Å². The summed E-state index contributed by atoms with van der Waals surface area (Å²) in [5, 5.41) is 0.492. The van der Waals surface area contributed by atoms with Crippen molar-refractivity contribution in [3.05, 3.63) is 69.6 Å². The second-order valence-electron chi connectivity index (χ2n) is 6.29. The summed E-state index contributed by atoms with van der Waals surface area (Å²) >= 11 is 0. The summed E-state index contributed by atoms with van der Waals surface area (Å²) in [7, 11) is 4.31. The van der Waals surface area contributed by atoms with E-state index in [0.717, 1.165) is 5.56 Å². The average Bonchev–Trinajstić information content (AvgIpc) is 2.75. The lowest BCUT2D eigenvalue weighted by molar-refractivity contribution is -0.140. The fourth-order valence-electron chi connectivity index (χ4n) is 2.93. The lowest BCUT2D eigenvalue weighted by Gasteiger charge is -2.09. The van der Waals surface area contributed by atoms with Crippen LogP contribution in [-0.2, 0) is 16.0 Å². The van der Waals surface area contributed by atoms with Gasteiger partial charge in [-0.05, 0) is 18.1 Å². The average molecular weight is 396 g/mol. The third-order valence-electron chi connectivity index (χ3n) is 4.55. The van der Waals surface area contributed by atoms with Gasteiger partial charge in [0, 0.05) is 24.1 Å². The van der Waals surface area contributed by atoms with E-state index >= 15 is 0 Å². The molecule has 0 aliphatic rings. The van der Waals surface area contributed by atoms with Crippen molar-refractivity contribution in [2.45, 2.75) is 12.8 Å². The largest absolute Gasteiger partial charge is 0.496 e. The molecule has 0 saturated carbocycles. The van der Waals surface area contributed by atoms with Crippen LogP contribution in [0, 0.1) is 0 Å². The maximum absolute atomic E-state index is 12.9. The van der Waals surface area contributed by atoms with Gasteiger partial charge in [0.15, 0.2) is 5.78 Å². The molecule has 0 unspecified atom stereocenters. The zero-order chi connectivity index (χ0) is 21.0. The number of benzene rings is 2. The first-order chi connectivity index (χ1) is 14.0. The molecule has 3 aromatic rings. The number of hydrogen-bond donors (Lipinski definition) is 0. The highest BCUT2D eigenvalue weighted by Gasteiger charge is 2.18. The van der Waals surface area contributed by atoms with Gasteiger partial charge < -0.3 is 18.6 Å². The molecule has 29 heavy (non-hydrogen) atoms. The Morgan fingerprint density at radius 2 is 1.69 bits per heavy atom. The minimum atomic E-state index is -0.743. The molecule has 0 bridgehead atoms. The highest BCUT2D eigenvalue weighted by atomic mass is 16.5. The Morgan fingerprint density at radius 3 is 2.31 bits per heavy atom. The minimum Gasteiger partial charge on any atom is -0.496 e. The van der Waals surface area contributed by atoms with Crippen molar-refractivity contribution in [3.8, 4) is 11.5 Å². The van der Waals surface area contributed by atoms with E-state index in [2.05, 4.69) is 4.74 Å². The van der Waals surface area contributed by atoms with Crippen LogP contribution in [0.25, 0.3) is 11.0 Å². The van der Waals surface area contributed by atoms with Crippen LogP contribution in [-0.4, -0.2) is 33.1 Å². The second kappa shape index (κ2) is 8.60. The Bertz CT molecular complexity index is 1110. The number of ketones is 1. The standard InChI is InChI=1S/C22H20O7/c1-26-15-10-18(27-2)16-12-17(22(25)29-19(16)11-15)21(24)14-7-4-13(5-8-14)6-9-20(23)28-3/h4-5,7-8,10-12H,6,9H2,1-3H3. The van der Waals surface area contributed by atoms with Gasteiger partial charge in [0.1, 0.15) is 22.6 Å². The van der Waals surface area contributed by atoms with Gasteiger partial charge in [-0.2, -0.15) is 0 Å². The summed E-state index contributed by atoms with van der Waals surface area (Å²) in [6.45, 7) is 0. The first kappa shape index (κ1) is 20.1. The molecule has 0 saturated heterocycles. The van der Waals surface area contributed by atoms with Crippen molar-refractivity contribution in [3.63, 3.8) is 0 Å². The van der Waals surface area contributed by atoms with Crippen molar-refractivity contribution in [1.82, 2.24) is 0 Å². The molecule has 0 atom stereocenters. The SMILES string of the molecule is COC(=O)CCc1ccc(C(=O)c2cc3c(OC)cc(OC)cc3oc2=O)cc1. The number of methoxy groups -OCH3 is 3. The molecule has 0 aliphatic heterocycles. The van der Waals surface area contributed by atoms with Crippen molar-refractivity contribution in [2.24, 2.45) is 0 Å². The van der Waals surface area contributed by atoms with E-state index < -0.39 is 11.4 Å². The van der Waals surface area contributed by atoms with Crippen LogP contribution in [0.5, 0.6) is 11.5 Å². The molecule has 0 spiro atoms. The van der Waals surface area contributed by atoms with E-state index in [1.165, 1.54) is 27.4 Å². The van der Waals surface area contributed by atoms with Crippen LogP contribution in [0.2, 0.25) is 0 Å². The number of carbonyl (C=O) groups excluding carboxylic acids is 2. The molecule has 0 radical (unpaired) electrons. The highest BCUT2D eigenvalue weighted by molar-refractivity contribution is 6.10. The van der Waals surface area contributed by atoms with Crippen LogP contribution in [0.1, 0.15) is 27.9 Å². The van der Waals surface area contributed by atoms with Gasteiger partial charge in [-0.1, -0.05) is 24.3 Å². The number of esters is 1. The molecule has 3 rings (SSSR count). The second-order valence-corrected chi connectivity index (χ2v) is 6.29. The van der Waals surface area contributed by atoms with E-state index in [1.807, 2.05) is 0 Å². The quantitative estimate of drug-likeness (QED) is 0.344. The molecule has 0 amide bonds. The van der Waals surface area contributed by atoms with Crippen molar-refractivity contribution in [2.75, 3.05) is 21.3 Å². The normalized spacial score (nSPS) is 10.6. The van der Waals surface area contributed by atoms with Crippen molar-refractivity contribution in [1.29, 1.82) is 0 Å². The van der Waals surface area contributed by atoms with Crippen LogP contribution < -0.4 is 15.1 Å². The minimum absolute atomic E-state index is 0.0942. The maximum atomic E-state index is 12.9. The molecule has 1 heterocycles. The van der Waals surface area contributed by atoms with Crippen LogP contribution >= 0.6 is 0 Å². The predicted octanol–water partition coefficient (Wildman–Crippen LogP) is 3.15. The Morgan fingerprint density at radius 1 is 0.966 bits per heavy atom. The first-order valence-electron chi connectivity index (χ1n) is 8.87. The Hall–Kier alpha value is -3.61. The van der Waals surface area contributed by atoms with Gasteiger partial charge in [0.05, 0.1) is 26.7 Å². The topological polar surface area (TPSA) is 92.0 Å². The predicted molar refractivity (Wildman–Crippen MR) is 106 cm³/mol. The summed E-state index contributed by atoms with van der Waals surface area (Å²) < 4.78 is 20.4. The van der Waals surface area contributed by atoms with Gasteiger partial charge in [-0.25, -0.2) is 4.79 Å². The Balaban J connectivity index is 1.93. The number of carbonyl (C=O) groups is 2. The summed E-state index contributed by atoms with van der Waals surface area (Å²) in [5.74, 6) is 0.136. The fourth-order valence-corrected chi connectivity index (χ4v) is 2.93. The van der Waals surface area contributed by atoms with Gasteiger partial charge in [0.25, 0.3) is 0 Å². The van der Waals surface area contributed by atoms with Crippen molar-refractivity contribution >= 4 is 22.7 Å². The van der Waals surface area contributed by atoms with Crippen LogP contribution in [0.4, 0.5) is 0 Å². The summed E-state index contributed by atoms with van der Waals surface area (Å²) in [6.07, 6.45) is 0.750. The smallest absolute Gasteiger partial charge is 0.347 e. The third kappa shape index (κ3) is 4.29. The molecule has 0 fully saturated rings. The first-order valence-corrected chi connectivity index (χ1v) is 8.87. The number of rotatable bonds is 7. The molecule has 2 aromatic carbocycles. The Labute approximate surface area is 166 Å². The molecule has 0 N–H and O–H groups in total. The van der Waals surface area contributed by atoms with Crippen LogP contribution in [0.15, 0.2) is 51.7 Å². The number of hydrogen-bond acceptors (Lipinski definition) is 7. The highest BCUT2D eigenvalue weighted by Crippen LogP contribution is 2.31. The fraction of sp³-hybridized carbons (Fsp3) is 0.227. The zero-order valence-corrected chi connectivity index (χ0v) is 16.3. The summed E-state index contributed by atoms with van der Waals surface area (Å²) in [6, 6.07) is 11.4. The Kier molecular flexibility index (Phi) is 5.97. The van der Waals surface area contributed by atoms with E-state index in [9.17, 15) is 14.4 Å². The van der Waals surface area contributed by atoms with Crippen molar-refractivity contribution < 1.29 is 28.2 Å². The lowest BCUT2D eigenvalue weighted by Crippen LogP contribution is -2.15. The molecule has 7 heteroatoms. The molecule has 7 nitrogen and oxygen atoms in total. The lowest BCUT2D eigenvalue weighted by atomic mass is 10.0. The van der Waals surface area contributed by atoms with E-state index in [0.29, 0.717) is 28.9 Å². The van der Waals surface area contributed by atoms with Gasteiger partial charge in [0.2, 0.25) is 0 Å². The van der Waals surface area contributed by atoms with Gasteiger partial charge >= 0.3 is 11.6 Å². The number of aryl methyl sites for hydroxylation is 1. The maximum Gasteiger partial charge on any atom is 0.347 e. The third-order valence-corrected chi connectivity index (χ3v) is 4.55. The van der Waals surface area contributed by atoms with Crippen LogP contribution in [0.3, 0.4) is 0 Å². The van der Waals surface area contributed by atoms with E-state index in [1.54, 1.807) is 36.4 Å². The van der Waals surface area contributed by atoms with E-state index in [4.69, 9.17) is 13.9 Å². The zero-order valence-electron chi connectivity index (χ0n) is 16.3. The monoisotopic (exact) mass is 396 g/mol. The molecule has 1 aromatic heterocycles. The number of fused-ring (bicyclic) bond motifs is 1. The molecule has 150 valence electrons. The number of ether oxygens (including phenoxy) is 3. The molecule has 0 aliphatic carbocycles. The summed E-state index contributed by atoms with van der Waals surface area (Å²) in [4.78, 5) is 36.5. The summed E-state index contributed by atoms with van der Waals surface area (Å²) in [5.41, 5.74) is 0.647. The van der Waals surface area contributed by atoms with Gasteiger partial charge in [-0.15, -0.1) is 0 Å². The molecular weight excluding hydrogens is 376 g/mol. The van der Waals surface area contributed by atoms with Gasteiger partial charge in [-0.3, -0.25) is 9.59 Å².